The topological polar surface area (TPSA) is 22.4 Å². The van der Waals surface area contributed by atoms with Gasteiger partial charge in [0.2, 0.25) is 0 Å². The van der Waals surface area contributed by atoms with Crippen molar-refractivity contribution >= 4 is 15.9 Å². The molecule has 2 heterocycles. The highest BCUT2D eigenvalue weighted by Gasteiger charge is 2.17. The van der Waals surface area contributed by atoms with Crippen LogP contribution in [-0.2, 0) is 6.42 Å². The lowest BCUT2D eigenvalue weighted by molar-refractivity contribution is 0.357. The first-order valence-electron chi connectivity index (χ1n) is 5.28. The molecule has 0 fully saturated rings. The molecule has 82 valence electrons. The van der Waals surface area contributed by atoms with E-state index in [2.05, 4.69) is 28.1 Å². The van der Waals surface area contributed by atoms with Gasteiger partial charge in [-0.3, -0.25) is 0 Å². The largest absolute Gasteiger partial charge is 0.493 e. The number of benzene rings is 1. The fourth-order valence-corrected chi connectivity index (χ4v) is 2.51. The fraction of sp³-hybridized carbons (Fsp3) is 0.231. The third-order valence-electron chi connectivity index (χ3n) is 2.80. The van der Waals surface area contributed by atoms with Crippen LogP contribution in [0.4, 0.5) is 0 Å². The molecular weight excluding hydrogens is 268 g/mol. The minimum absolute atomic E-state index is 0.119. The predicted molar refractivity (Wildman–Crippen MR) is 65.1 cm³/mol. The Hall–Kier alpha value is -1.22. The maximum Gasteiger partial charge on any atom is 0.122 e. The van der Waals surface area contributed by atoms with Crippen molar-refractivity contribution in [3.05, 3.63) is 53.5 Å². The molecule has 0 saturated heterocycles. The van der Waals surface area contributed by atoms with Gasteiger partial charge < -0.3 is 9.15 Å². The molecule has 3 heteroatoms. The zero-order valence-corrected chi connectivity index (χ0v) is 10.2. The fourth-order valence-electron chi connectivity index (χ4n) is 1.96. The molecule has 0 saturated carbocycles. The van der Waals surface area contributed by atoms with E-state index < -0.39 is 0 Å². The molecule has 0 amide bonds. The normalized spacial score (nSPS) is 15.6. The van der Waals surface area contributed by atoms with E-state index >= 15 is 0 Å². The van der Waals surface area contributed by atoms with Crippen LogP contribution in [0.5, 0.6) is 5.75 Å². The summed E-state index contributed by atoms with van der Waals surface area (Å²) in [6, 6.07) is 10.2. The van der Waals surface area contributed by atoms with E-state index in [4.69, 9.17) is 9.15 Å². The first-order chi connectivity index (χ1) is 7.84. The Labute approximate surface area is 102 Å². The van der Waals surface area contributed by atoms with Gasteiger partial charge >= 0.3 is 0 Å². The van der Waals surface area contributed by atoms with E-state index in [0.717, 1.165) is 24.5 Å². The zero-order valence-electron chi connectivity index (χ0n) is 8.65. The summed E-state index contributed by atoms with van der Waals surface area (Å²) in [6.45, 7) is 0.798. The van der Waals surface area contributed by atoms with Gasteiger partial charge in [-0.05, 0) is 29.3 Å². The summed E-state index contributed by atoms with van der Waals surface area (Å²) in [4.78, 5) is 0.119. The van der Waals surface area contributed by atoms with Crippen molar-refractivity contribution < 1.29 is 9.15 Å². The quantitative estimate of drug-likeness (QED) is 0.782. The van der Waals surface area contributed by atoms with E-state index in [1.54, 1.807) is 6.26 Å². The average molecular weight is 279 g/mol. The Bertz CT molecular complexity index is 491. The molecule has 2 nitrogen and oxygen atoms in total. The van der Waals surface area contributed by atoms with Crippen molar-refractivity contribution in [1.82, 2.24) is 0 Å². The van der Waals surface area contributed by atoms with Crippen LogP contribution in [-0.4, -0.2) is 6.61 Å². The highest BCUT2D eigenvalue weighted by Crippen LogP contribution is 2.35. The summed E-state index contributed by atoms with van der Waals surface area (Å²) in [5.41, 5.74) is 2.49. The van der Waals surface area contributed by atoms with E-state index in [1.807, 2.05) is 18.2 Å². The molecule has 1 aliphatic heterocycles. The minimum Gasteiger partial charge on any atom is -0.493 e. The molecule has 0 bridgehead atoms. The maximum atomic E-state index is 5.49. The van der Waals surface area contributed by atoms with Crippen molar-refractivity contribution in [1.29, 1.82) is 0 Å². The molecule has 1 unspecified atom stereocenters. The maximum absolute atomic E-state index is 5.49. The second-order valence-electron chi connectivity index (χ2n) is 3.84. The van der Waals surface area contributed by atoms with Crippen LogP contribution >= 0.6 is 15.9 Å². The number of halogens is 1. The van der Waals surface area contributed by atoms with Crippen LogP contribution in [0, 0.1) is 0 Å². The van der Waals surface area contributed by atoms with Crippen LogP contribution in [0.3, 0.4) is 0 Å². The van der Waals surface area contributed by atoms with Crippen molar-refractivity contribution in [2.75, 3.05) is 6.61 Å². The monoisotopic (exact) mass is 278 g/mol. The lowest BCUT2D eigenvalue weighted by Crippen LogP contribution is -1.91. The number of fused-ring (bicyclic) bond motifs is 1. The molecule has 0 radical (unpaired) electrons. The standard InChI is InChI=1S/C13H11BrO2/c14-13(12-2-1-6-15-12)10-3-4-11-9(8-10)5-7-16-11/h1-4,6,8,13H,5,7H2. The van der Waals surface area contributed by atoms with Gasteiger partial charge in [0, 0.05) is 6.42 Å². The summed E-state index contributed by atoms with van der Waals surface area (Å²) >= 11 is 3.65. The predicted octanol–water partition coefficient (Wildman–Crippen LogP) is 3.70. The van der Waals surface area contributed by atoms with Gasteiger partial charge in [-0.25, -0.2) is 0 Å². The Kier molecular flexibility index (Phi) is 2.48. The number of rotatable bonds is 2. The Balaban J connectivity index is 1.95. The van der Waals surface area contributed by atoms with Crippen molar-refractivity contribution in [3.63, 3.8) is 0 Å². The Morgan fingerprint density at radius 2 is 2.19 bits per heavy atom. The van der Waals surface area contributed by atoms with Crippen molar-refractivity contribution in [2.45, 2.75) is 11.2 Å². The molecular formula is C13H11BrO2. The summed E-state index contributed by atoms with van der Waals surface area (Å²) in [5.74, 6) is 1.95. The molecule has 0 N–H and O–H groups in total. The molecule has 2 aromatic rings. The highest BCUT2D eigenvalue weighted by atomic mass is 79.9. The van der Waals surface area contributed by atoms with E-state index in [9.17, 15) is 0 Å². The van der Waals surface area contributed by atoms with Gasteiger partial charge in [-0.2, -0.15) is 0 Å². The molecule has 16 heavy (non-hydrogen) atoms. The van der Waals surface area contributed by atoms with Crippen LogP contribution in [0.15, 0.2) is 41.0 Å². The van der Waals surface area contributed by atoms with Gasteiger partial charge in [0.25, 0.3) is 0 Å². The summed E-state index contributed by atoms with van der Waals surface area (Å²) < 4.78 is 10.9. The Morgan fingerprint density at radius 1 is 1.25 bits per heavy atom. The lowest BCUT2D eigenvalue weighted by Gasteiger charge is -2.08. The molecule has 1 aromatic carbocycles. The number of ether oxygens (including phenoxy) is 1. The Morgan fingerprint density at radius 3 is 3.00 bits per heavy atom. The molecule has 1 aromatic heterocycles. The van der Waals surface area contributed by atoms with Crippen LogP contribution < -0.4 is 4.74 Å². The minimum atomic E-state index is 0.119. The van der Waals surface area contributed by atoms with Gasteiger partial charge in [0.1, 0.15) is 11.5 Å². The number of hydrogen-bond donors (Lipinski definition) is 0. The molecule has 0 spiro atoms. The smallest absolute Gasteiger partial charge is 0.122 e. The second-order valence-corrected chi connectivity index (χ2v) is 4.76. The second kappa shape index (κ2) is 3.98. The van der Waals surface area contributed by atoms with E-state index in [0.29, 0.717) is 0 Å². The van der Waals surface area contributed by atoms with Crippen molar-refractivity contribution in [3.8, 4) is 5.75 Å². The third kappa shape index (κ3) is 1.65. The summed E-state index contributed by atoms with van der Waals surface area (Å²) in [6.07, 6.45) is 2.70. The molecule has 1 aliphatic rings. The van der Waals surface area contributed by atoms with Gasteiger partial charge in [0.15, 0.2) is 0 Å². The third-order valence-corrected chi connectivity index (χ3v) is 3.78. The number of furan rings is 1. The average Bonchev–Trinajstić information content (AvgIpc) is 2.98. The highest BCUT2D eigenvalue weighted by molar-refractivity contribution is 9.09. The van der Waals surface area contributed by atoms with Gasteiger partial charge in [0.05, 0.1) is 17.7 Å². The van der Waals surface area contributed by atoms with Crippen LogP contribution in [0.25, 0.3) is 0 Å². The van der Waals surface area contributed by atoms with Crippen molar-refractivity contribution in [2.24, 2.45) is 0 Å². The molecule has 0 aliphatic carbocycles. The van der Waals surface area contributed by atoms with E-state index in [1.165, 1.54) is 11.1 Å². The number of hydrogen-bond acceptors (Lipinski definition) is 2. The lowest BCUT2D eigenvalue weighted by atomic mass is 10.1. The molecule has 1 atom stereocenters. The van der Waals surface area contributed by atoms with Crippen LogP contribution in [0.1, 0.15) is 21.7 Å². The van der Waals surface area contributed by atoms with Gasteiger partial charge in [-0.15, -0.1) is 0 Å². The SMILES string of the molecule is BrC(c1ccc2c(c1)CCO2)c1ccco1. The van der Waals surface area contributed by atoms with Gasteiger partial charge in [-0.1, -0.05) is 28.1 Å². The number of alkyl halides is 1. The summed E-state index contributed by atoms with van der Waals surface area (Å²) in [7, 11) is 0. The first kappa shape index (κ1) is 9.97. The van der Waals surface area contributed by atoms with E-state index in [-0.39, 0.29) is 4.83 Å². The zero-order chi connectivity index (χ0) is 11.0. The summed E-state index contributed by atoms with van der Waals surface area (Å²) in [5, 5.41) is 0. The van der Waals surface area contributed by atoms with Crippen LogP contribution in [0.2, 0.25) is 0 Å². The first-order valence-corrected chi connectivity index (χ1v) is 6.19. The molecule has 3 rings (SSSR count).